The predicted molar refractivity (Wildman–Crippen MR) is 79.5 cm³/mol. The molecule has 22 heavy (non-hydrogen) atoms. The highest BCUT2D eigenvalue weighted by Gasteiger charge is 2.30. The lowest BCUT2D eigenvalue weighted by Crippen LogP contribution is -2.42. The molecule has 2 atom stereocenters. The summed E-state index contributed by atoms with van der Waals surface area (Å²) in [4.78, 5) is 22.8. The third-order valence-electron chi connectivity index (χ3n) is 4.24. The fraction of sp³-hybridized carbons (Fsp3) is 0.571. The number of fused-ring (bicyclic) bond motifs is 1. The number of amides is 1. The van der Waals surface area contributed by atoms with Gasteiger partial charge in [-0.1, -0.05) is 0 Å². The average molecular weight is 304 g/mol. The molecule has 0 saturated carbocycles. The Bertz CT molecular complexity index is 685. The Kier molecular flexibility index (Phi) is 4.04. The van der Waals surface area contributed by atoms with E-state index < -0.39 is 0 Å². The summed E-state index contributed by atoms with van der Waals surface area (Å²) < 4.78 is 1.48. The Morgan fingerprint density at radius 2 is 2.36 bits per heavy atom. The van der Waals surface area contributed by atoms with Crippen LogP contribution in [0.2, 0.25) is 0 Å². The number of aliphatic hydroxyl groups excluding tert-OH is 1. The highest BCUT2D eigenvalue weighted by Crippen LogP contribution is 2.15. The first kappa shape index (κ1) is 14.9. The van der Waals surface area contributed by atoms with Crippen LogP contribution < -0.4 is 5.32 Å². The largest absolute Gasteiger partial charge is 0.396 e. The molecule has 1 amide bonds. The molecule has 0 aliphatic carbocycles. The first-order valence-electron chi connectivity index (χ1n) is 7.41. The topological polar surface area (TPSA) is 95.6 Å². The number of likely N-dealkylation sites (tertiary alicyclic amines) is 1. The number of nitrogens with zero attached hydrogens (tertiary/aromatic N) is 5. The van der Waals surface area contributed by atoms with Gasteiger partial charge in [0, 0.05) is 37.6 Å². The van der Waals surface area contributed by atoms with Crippen LogP contribution in [-0.4, -0.2) is 67.8 Å². The van der Waals surface area contributed by atoms with Crippen LogP contribution in [0.1, 0.15) is 29.5 Å². The number of likely N-dealkylation sites (N-methyl/N-ethyl adjacent to an activating group) is 1. The molecule has 2 unspecified atom stereocenters. The summed E-state index contributed by atoms with van der Waals surface area (Å²) in [5, 5.41) is 16.1. The maximum Gasteiger partial charge on any atom is 0.291 e. The number of nitrogens with one attached hydrogen (secondary N) is 1. The summed E-state index contributed by atoms with van der Waals surface area (Å²) >= 11 is 0. The summed E-state index contributed by atoms with van der Waals surface area (Å²) in [6, 6.07) is 0.414. The summed E-state index contributed by atoms with van der Waals surface area (Å²) in [6.07, 6.45) is 4.79. The molecule has 1 aliphatic rings. The van der Waals surface area contributed by atoms with Crippen molar-refractivity contribution in [3.05, 3.63) is 23.8 Å². The van der Waals surface area contributed by atoms with Crippen LogP contribution in [-0.2, 0) is 6.42 Å². The lowest BCUT2D eigenvalue weighted by molar-refractivity contribution is 0.0919. The van der Waals surface area contributed by atoms with Crippen LogP contribution in [0.3, 0.4) is 0 Å². The summed E-state index contributed by atoms with van der Waals surface area (Å²) in [6.45, 7) is 3.11. The Balaban J connectivity index is 1.76. The molecule has 0 radical (unpaired) electrons. The highest BCUT2D eigenvalue weighted by molar-refractivity contribution is 5.91. The van der Waals surface area contributed by atoms with E-state index in [1.165, 1.54) is 4.52 Å². The number of carbonyl (C=O) groups is 1. The van der Waals surface area contributed by atoms with Crippen molar-refractivity contribution in [2.24, 2.45) is 0 Å². The molecule has 3 rings (SSSR count). The van der Waals surface area contributed by atoms with Crippen LogP contribution in [0.4, 0.5) is 0 Å². The zero-order valence-corrected chi connectivity index (χ0v) is 12.7. The number of hydrogen-bond donors (Lipinski definition) is 2. The van der Waals surface area contributed by atoms with Crippen molar-refractivity contribution in [1.82, 2.24) is 29.8 Å². The van der Waals surface area contributed by atoms with Crippen molar-refractivity contribution in [2.75, 3.05) is 20.2 Å². The number of aliphatic hydroxyl groups is 1. The van der Waals surface area contributed by atoms with E-state index in [9.17, 15) is 4.79 Å². The zero-order chi connectivity index (χ0) is 15.7. The molecule has 8 nitrogen and oxygen atoms in total. The molecule has 2 aromatic heterocycles. The summed E-state index contributed by atoms with van der Waals surface area (Å²) in [5.74, 6) is 0.222. The van der Waals surface area contributed by atoms with E-state index >= 15 is 0 Å². The second-order valence-corrected chi connectivity index (χ2v) is 5.71. The second kappa shape index (κ2) is 5.98. The van der Waals surface area contributed by atoms with Gasteiger partial charge in [0.25, 0.3) is 11.7 Å². The maximum atomic E-state index is 12.3. The number of hydrogen-bond acceptors (Lipinski definition) is 6. The van der Waals surface area contributed by atoms with E-state index in [1.807, 2.05) is 7.05 Å². The van der Waals surface area contributed by atoms with Crippen molar-refractivity contribution < 1.29 is 9.90 Å². The van der Waals surface area contributed by atoms with E-state index in [0.29, 0.717) is 18.2 Å². The maximum absolute atomic E-state index is 12.3. The van der Waals surface area contributed by atoms with Gasteiger partial charge in [-0.2, -0.15) is 4.98 Å². The highest BCUT2D eigenvalue weighted by atomic mass is 16.3. The molecule has 0 bridgehead atoms. The van der Waals surface area contributed by atoms with Crippen LogP contribution in [0.25, 0.3) is 5.78 Å². The first-order valence-corrected chi connectivity index (χ1v) is 7.41. The summed E-state index contributed by atoms with van der Waals surface area (Å²) in [5.41, 5.74) is 0.845. The molecular formula is C14H20N6O2. The second-order valence-electron chi connectivity index (χ2n) is 5.71. The fourth-order valence-electron chi connectivity index (χ4n) is 2.70. The van der Waals surface area contributed by atoms with Crippen LogP contribution >= 0.6 is 0 Å². The van der Waals surface area contributed by atoms with Crippen LogP contribution in [0.5, 0.6) is 0 Å². The minimum atomic E-state index is -0.277. The number of aromatic nitrogens is 4. The third-order valence-corrected chi connectivity index (χ3v) is 4.24. The average Bonchev–Trinajstić information content (AvgIpc) is 3.06. The van der Waals surface area contributed by atoms with Gasteiger partial charge in [0.2, 0.25) is 5.82 Å². The van der Waals surface area contributed by atoms with Gasteiger partial charge in [-0.3, -0.25) is 4.79 Å². The molecule has 118 valence electrons. The van der Waals surface area contributed by atoms with Gasteiger partial charge < -0.3 is 15.3 Å². The Labute approximate surface area is 128 Å². The number of carbonyl (C=O) groups excluding carboxylic acids is 1. The van der Waals surface area contributed by atoms with Gasteiger partial charge in [-0.05, 0) is 32.4 Å². The van der Waals surface area contributed by atoms with E-state index in [0.717, 1.165) is 18.5 Å². The van der Waals surface area contributed by atoms with Crippen molar-refractivity contribution in [3.63, 3.8) is 0 Å². The van der Waals surface area contributed by atoms with Gasteiger partial charge >= 0.3 is 0 Å². The lowest BCUT2D eigenvalue weighted by Gasteiger charge is -2.20. The number of rotatable bonds is 4. The molecule has 2 N–H and O–H groups in total. The molecule has 0 aromatic carbocycles. The Morgan fingerprint density at radius 1 is 1.55 bits per heavy atom. The van der Waals surface area contributed by atoms with Crippen LogP contribution in [0.15, 0.2) is 12.4 Å². The fourth-order valence-corrected chi connectivity index (χ4v) is 2.70. The standard InChI is InChI=1S/C14H20N6O2/c1-9-11(3-5-19(9)2)16-13(22)12-17-14-15-7-10(4-6-21)8-20(14)18-12/h7-9,11,21H,3-6H2,1-2H3,(H,16,22). The van der Waals surface area contributed by atoms with E-state index in [1.54, 1.807) is 12.4 Å². The summed E-state index contributed by atoms with van der Waals surface area (Å²) in [7, 11) is 2.05. The van der Waals surface area contributed by atoms with E-state index in [2.05, 4.69) is 32.2 Å². The molecule has 3 heterocycles. The molecule has 1 aliphatic heterocycles. The van der Waals surface area contributed by atoms with Gasteiger partial charge in [0.15, 0.2) is 0 Å². The first-order chi connectivity index (χ1) is 10.6. The smallest absolute Gasteiger partial charge is 0.291 e. The van der Waals surface area contributed by atoms with Crippen LogP contribution in [0, 0.1) is 0 Å². The Morgan fingerprint density at radius 3 is 3.05 bits per heavy atom. The van der Waals surface area contributed by atoms with Crippen molar-refractivity contribution >= 4 is 11.7 Å². The molecule has 2 aromatic rings. The van der Waals surface area contributed by atoms with Gasteiger partial charge in [0.05, 0.1) is 0 Å². The SMILES string of the molecule is CC1C(NC(=O)c2nc3ncc(CCO)cn3n2)CCN1C. The monoisotopic (exact) mass is 304 g/mol. The third kappa shape index (κ3) is 2.79. The quantitative estimate of drug-likeness (QED) is 0.789. The van der Waals surface area contributed by atoms with E-state index in [-0.39, 0.29) is 24.4 Å². The molecular weight excluding hydrogens is 284 g/mol. The van der Waals surface area contributed by atoms with Crippen molar-refractivity contribution in [2.45, 2.75) is 31.8 Å². The minimum Gasteiger partial charge on any atom is -0.396 e. The van der Waals surface area contributed by atoms with E-state index in [4.69, 9.17) is 5.11 Å². The zero-order valence-electron chi connectivity index (χ0n) is 12.7. The lowest BCUT2D eigenvalue weighted by atomic mass is 10.1. The molecule has 8 heteroatoms. The van der Waals surface area contributed by atoms with Gasteiger partial charge in [0.1, 0.15) is 0 Å². The molecule has 1 saturated heterocycles. The van der Waals surface area contributed by atoms with Gasteiger partial charge in [-0.25, -0.2) is 9.50 Å². The Hall–Kier alpha value is -2.06. The predicted octanol–water partition coefficient (Wildman–Crippen LogP) is -0.518. The van der Waals surface area contributed by atoms with Crippen molar-refractivity contribution in [1.29, 1.82) is 0 Å². The minimum absolute atomic E-state index is 0.0440. The molecule has 0 spiro atoms. The van der Waals surface area contributed by atoms with Crippen molar-refractivity contribution in [3.8, 4) is 0 Å². The normalized spacial score (nSPS) is 22.3. The van der Waals surface area contributed by atoms with Gasteiger partial charge in [-0.15, -0.1) is 5.10 Å². The molecule has 1 fully saturated rings.